The number of hydrogen-bond donors (Lipinski definition) is 2. The number of imidazole rings is 1. The predicted octanol–water partition coefficient (Wildman–Crippen LogP) is 1.40. The van der Waals surface area contributed by atoms with Gasteiger partial charge in [-0.1, -0.05) is 13.0 Å². The van der Waals surface area contributed by atoms with Crippen molar-refractivity contribution in [2.45, 2.75) is 19.9 Å². The fraction of sp³-hybridized carbons (Fsp3) is 0.312. The SMILES string of the molecule is CCC(=O)Nc1ncn(Cc2ccc(OC)c(OC)c2)c1C(N)=O. The van der Waals surface area contributed by atoms with E-state index in [1.807, 2.05) is 6.07 Å². The second kappa shape index (κ2) is 7.49. The zero-order chi connectivity index (χ0) is 17.7. The Morgan fingerprint density at radius 3 is 2.54 bits per heavy atom. The molecule has 0 aliphatic rings. The van der Waals surface area contributed by atoms with Gasteiger partial charge in [-0.25, -0.2) is 4.98 Å². The van der Waals surface area contributed by atoms with Gasteiger partial charge in [0.1, 0.15) is 0 Å². The average molecular weight is 332 g/mol. The molecule has 3 N–H and O–H groups in total. The van der Waals surface area contributed by atoms with Gasteiger partial charge in [-0.15, -0.1) is 0 Å². The molecule has 0 atom stereocenters. The van der Waals surface area contributed by atoms with Crippen molar-refractivity contribution >= 4 is 17.6 Å². The molecule has 1 aromatic heterocycles. The number of aromatic nitrogens is 2. The molecule has 0 saturated carbocycles. The number of nitrogens with one attached hydrogen (secondary N) is 1. The lowest BCUT2D eigenvalue weighted by molar-refractivity contribution is -0.115. The summed E-state index contributed by atoms with van der Waals surface area (Å²) in [7, 11) is 3.10. The first kappa shape index (κ1) is 17.3. The Balaban J connectivity index is 2.33. The predicted molar refractivity (Wildman–Crippen MR) is 88.3 cm³/mol. The molecule has 2 rings (SSSR count). The molecule has 2 amide bonds. The fourth-order valence-corrected chi connectivity index (χ4v) is 2.25. The van der Waals surface area contributed by atoms with Crippen LogP contribution in [0.4, 0.5) is 5.82 Å². The standard InChI is InChI=1S/C16H20N4O4/c1-4-13(21)19-16-14(15(17)22)20(9-18-16)8-10-5-6-11(23-2)12(7-10)24-3/h5-7,9H,4,8H2,1-3H3,(H2,17,22)(H,19,21). The number of methoxy groups -OCH3 is 2. The van der Waals surface area contributed by atoms with E-state index in [1.54, 1.807) is 37.8 Å². The van der Waals surface area contributed by atoms with E-state index in [9.17, 15) is 9.59 Å². The molecular weight excluding hydrogens is 312 g/mol. The number of carbonyl (C=O) groups excluding carboxylic acids is 2. The van der Waals surface area contributed by atoms with Crippen LogP contribution in [0.1, 0.15) is 29.4 Å². The zero-order valence-electron chi connectivity index (χ0n) is 13.8. The normalized spacial score (nSPS) is 10.3. The molecule has 0 bridgehead atoms. The Labute approximate surface area is 139 Å². The van der Waals surface area contributed by atoms with Crippen molar-refractivity contribution in [2.24, 2.45) is 5.73 Å². The molecule has 0 radical (unpaired) electrons. The molecule has 24 heavy (non-hydrogen) atoms. The van der Waals surface area contributed by atoms with E-state index in [2.05, 4.69) is 10.3 Å². The lowest BCUT2D eigenvalue weighted by Crippen LogP contribution is -2.21. The number of hydrogen-bond acceptors (Lipinski definition) is 5. The second-order valence-corrected chi connectivity index (χ2v) is 5.03. The number of amides is 2. The topological polar surface area (TPSA) is 108 Å². The first-order chi connectivity index (χ1) is 11.5. The summed E-state index contributed by atoms with van der Waals surface area (Å²) in [5.74, 6) is 0.441. The molecule has 8 heteroatoms. The maximum Gasteiger partial charge on any atom is 0.269 e. The minimum atomic E-state index is -0.667. The van der Waals surface area contributed by atoms with E-state index >= 15 is 0 Å². The zero-order valence-corrected chi connectivity index (χ0v) is 13.8. The Morgan fingerprint density at radius 1 is 1.25 bits per heavy atom. The van der Waals surface area contributed by atoms with Gasteiger partial charge in [0.25, 0.3) is 5.91 Å². The highest BCUT2D eigenvalue weighted by molar-refractivity contribution is 6.00. The molecule has 8 nitrogen and oxygen atoms in total. The summed E-state index contributed by atoms with van der Waals surface area (Å²) in [6.45, 7) is 2.05. The second-order valence-electron chi connectivity index (χ2n) is 5.03. The van der Waals surface area contributed by atoms with E-state index < -0.39 is 5.91 Å². The number of nitrogens with zero attached hydrogens (tertiary/aromatic N) is 2. The molecule has 0 fully saturated rings. The van der Waals surface area contributed by atoms with Crippen molar-refractivity contribution in [1.82, 2.24) is 9.55 Å². The maximum atomic E-state index is 11.8. The van der Waals surface area contributed by atoms with Gasteiger partial charge >= 0.3 is 0 Å². The number of carbonyl (C=O) groups is 2. The van der Waals surface area contributed by atoms with Crippen molar-refractivity contribution in [1.29, 1.82) is 0 Å². The Kier molecular flexibility index (Phi) is 5.41. The quantitative estimate of drug-likeness (QED) is 0.796. The van der Waals surface area contributed by atoms with Crippen LogP contribution < -0.4 is 20.5 Å². The van der Waals surface area contributed by atoms with E-state index in [1.165, 1.54) is 6.33 Å². The summed E-state index contributed by atoms with van der Waals surface area (Å²) in [5, 5.41) is 2.57. The van der Waals surface area contributed by atoms with Crippen LogP contribution in [-0.2, 0) is 11.3 Å². The first-order valence-electron chi connectivity index (χ1n) is 7.35. The lowest BCUT2D eigenvalue weighted by atomic mass is 10.2. The van der Waals surface area contributed by atoms with Crippen LogP contribution in [0.2, 0.25) is 0 Å². The minimum absolute atomic E-state index is 0.145. The van der Waals surface area contributed by atoms with Crippen LogP contribution in [0.25, 0.3) is 0 Å². The summed E-state index contributed by atoms with van der Waals surface area (Å²) >= 11 is 0. The van der Waals surface area contributed by atoms with Gasteiger partial charge in [-0.05, 0) is 17.7 Å². The third-order valence-electron chi connectivity index (χ3n) is 3.45. The molecule has 1 aromatic carbocycles. The summed E-state index contributed by atoms with van der Waals surface area (Å²) in [6.07, 6.45) is 1.74. The van der Waals surface area contributed by atoms with Crippen molar-refractivity contribution in [2.75, 3.05) is 19.5 Å². The molecule has 0 aliphatic carbocycles. The molecule has 0 aliphatic heterocycles. The number of benzene rings is 1. The van der Waals surface area contributed by atoms with Crippen molar-refractivity contribution < 1.29 is 19.1 Å². The van der Waals surface area contributed by atoms with Gasteiger partial charge < -0.3 is 25.1 Å². The number of primary amides is 1. The van der Waals surface area contributed by atoms with Crippen LogP contribution in [0.5, 0.6) is 11.5 Å². The summed E-state index contributed by atoms with van der Waals surface area (Å²) < 4.78 is 12.0. The molecule has 1 heterocycles. The smallest absolute Gasteiger partial charge is 0.269 e. The number of nitrogens with two attached hydrogens (primary N) is 1. The first-order valence-corrected chi connectivity index (χ1v) is 7.35. The highest BCUT2D eigenvalue weighted by Crippen LogP contribution is 2.28. The van der Waals surface area contributed by atoms with Gasteiger partial charge in [0, 0.05) is 13.0 Å². The van der Waals surface area contributed by atoms with Gasteiger partial charge in [-0.2, -0.15) is 0 Å². The maximum absolute atomic E-state index is 11.8. The molecular formula is C16H20N4O4. The van der Waals surface area contributed by atoms with Crippen LogP contribution in [-0.4, -0.2) is 35.6 Å². The third kappa shape index (κ3) is 3.65. The number of ether oxygens (including phenoxy) is 2. The van der Waals surface area contributed by atoms with Crippen molar-refractivity contribution in [3.63, 3.8) is 0 Å². The fourth-order valence-electron chi connectivity index (χ4n) is 2.25. The Morgan fingerprint density at radius 2 is 1.96 bits per heavy atom. The van der Waals surface area contributed by atoms with Crippen molar-refractivity contribution in [3.8, 4) is 11.5 Å². The van der Waals surface area contributed by atoms with Crippen LogP contribution in [0.15, 0.2) is 24.5 Å². The Hall–Kier alpha value is -3.03. The van der Waals surface area contributed by atoms with E-state index in [-0.39, 0.29) is 23.8 Å². The average Bonchev–Trinajstić information content (AvgIpc) is 2.96. The molecule has 0 saturated heterocycles. The van der Waals surface area contributed by atoms with Crippen LogP contribution >= 0.6 is 0 Å². The third-order valence-corrected chi connectivity index (χ3v) is 3.45. The summed E-state index contributed by atoms with van der Waals surface area (Å²) in [4.78, 5) is 27.4. The van der Waals surface area contributed by atoms with E-state index in [0.717, 1.165) is 5.56 Å². The molecule has 0 unspecified atom stereocenters. The lowest BCUT2D eigenvalue weighted by Gasteiger charge is -2.11. The Bertz CT molecular complexity index is 755. The monoisotopic (exact) mass is 332 g/mol. The molecule has 128 valence electrons. The van der Waals surface area contributed by atoms with Gasteiger partial charge in [0.15, 0.2) is 23.0 Å². The van der Waals surface area contributed by atoms with Crippen LogP contribution in [0.3, 0.4) is 0 Å². The van der Waals surface area contributed by atoms with Crippen LogP contribution in [0, 0.1) is 0 Å². The van der Waals surface area contributed by atoms with Crippen molar-refractivity contribution in [3.05, 3.63) is 35.8 Å². The largest absolute Gasteiger partial charge is 0.493 e. The molecule has 2 aromatic rings. The summed E-state index contributed by atoms with van der Waals surface area (Å²) in [5.41, 5.74) is 6.44. The van der Waals surface area contributed by atoms with E-state index in [0.29, 0.717) is 18.0 Å². The highest BCUT2D eigenvalue weighted by atomic mass is 16.5. The highest BCUT2D eigenvalue weighted by Gasteiger charge is 2.18. The van der Waals surface area contributed by atoms with Gasteiger partial charge in [-0.3, -0.25) is 9.59 Å². The van der Waals surface area contributed by atoms with Gasteiger partial charge in [0.05, 0.1) is 20.5 Å². The minimum Gasteiger partial charge on any atom is -0.493 e. The number of anilines is 1. The van der Waals surface area contributed by atoms with Gasteiger partial charge in [0.2, 0.25) is 5.91 Å². The van der Waals surface area contributed by atoms with E-state index in [4.69, 9.17) is 15.2 Å². The number of rotatable bonds is 7. The molecule has 0 spiro atoms. The summed E-state index contributed by atoms with van der Waals surface area (Å²) in [6, 6.07) is 5.42.